The Kier molecular flexibility index (Phi) is 7.49. The number of carbonyl (C=O) groups excluding carboxylic acids is 4. The van der Waals surface area contributed by atoms with Crippen molar-refractivity contribution in [3.8, 4) is 0 Å². The van der Waals surface area contributed by atoms with Gasteiger partial charge in [-0.05, 0) is 32.6 Å². The summed E-state index contributed by atoms with van der Waals surface area (Å²) in [5.74, 6) is -2.87. The van der Waals surface area contributed by atoms with E-state index in [1.807, 2.05) is 6.92 Å². The van der Waals surface area contributed by atoms with Gasteiger partial charge in [0.25, 0.3) is 0 Å². The van der Waals surface area contributed by atoms with Gasteiger partial charge in [-0.3, -0.25) is 14.0 Å². The SMILES string of the molecule is CC(OC(=O)OC1CCCCC1)OC(=O)C1=C(c2cn3cnc(C(=O)CO)c3s2)[C@H](C)[C@@H]2[C@@H]([C@@H](C)O)C(=O)N12. The number of hydrogen-bond acceptors (Lipinski definition) is 11. The van der Waals surface area contributed by atoms with E-state index in [2.05, 4.69) is 4.98 Å². The lowest BCUT2D eigenvalue weighted by Crippen LogP contribution is -2.63. The van der Waals surface area contributed by atoms with Crippen LogP contribution in [0.2, 0.25) is 0 Å². The highest BCUT2D eigenvalue weighted by Crippen LogP contribution is 2.52. The highest BCUT2D eigenvalue weighted by Gasteiger charge is 2.60. The standard InChI is InChI=1S/C26H31N3O9S/c1-12-18(17-9-28-11-27-20(16(32)10-30)24(28)39-17)22(29-21(12)19(13(2)31)23(29)33)25(34)36-14(3)37-26(35)38-15-7-5-4-6-8-15/h9,11-15,19,21,30-31H,4-8,10H2,1-3H3/t12-,13+,14?,19+,21+/m0/s1. The Labute approximate surface area is 228 Å². The fourth-order valence-corrected chi connectivity index (χ4v) is 7.02. The van der Waals surface area contributed by atoms with Gasteiger partial charge in [0.15, 0.2) is 0 Å². The van der Waals surface area contributed by atoms with Crippen LogP contribution in [0, 0.1) is 11.8 Å². The Hall–Kier alpha value is -3.29. The molecule has 2 N–H and O–H groups in total. The summed E-state index contributed by atoms with van der Waals surface area (Å²) in [6.45, 7) is 4.08. The van der Waals surface area contributed by atoms with Gasteiger partial charge in [-0.1, -0.05) is 13.3 Å². The molecule has 1 saturated carbocycles. The maximum Gasteiger partial charge on any atom is 0.511 e. The fraction of sp³-hybridized carbons (Fsp3) is 0.577. The van der Waals surface area contributed by atoms with E-state index in [4.69, 9.17) is 14.2 Å². The molecule has 1 saturated heterocycles. The molecule has 2 aromatic heterocycles. The number of aliphatic hydroxyl groups is 2. The second kappa shape index (κ2) is 10.7. The molecular formula is C26H31N3O9S. The van der Waals surface area contributed by atoms with Crippen molar-refractivity contribution in [3.05, 3.63) is 28.8 Å². The molecule has 210 valence electrons. The number of carbonyl (C=O) groups is 4. The van der Waals surface area contributed by atoms with E-state index in [-0.39, 0.29) is 23.4 Å². The number of aliphatic hydroxyl groups excluding tert-OH is 2. The van der Waals surface area contributed by atoms with Crippen LogP contribution in [0.4, 0.5) is 4.79 Å². The van der Waals surface area contributed by atoms with E-state index in [9.17, 15) is 29.4 Å². The molecule has 0 aromatic carbocycles. The van der Waals surface area contributed by atoms with Gasteiger partial charge in [-0.15, -0.1) is 11.3 Å². The minimum absolute atomic E-state index is 0.00186. The van der Waals surface area contributed by atoms with E-state index >= 15 is 0 Å². The molecule has 2 fully saturated rings. The van der Waals surface area contributed by atoms with Crippen molar-refractivity contribution in [1.82, 2.24) is 14.3 Å². The van der Waals surface area contributed by atoms with Crippen molar-refractivity contribution in [3.63, 3.8) is 0 Å². The molecule has 0 spiro atoms. The Morgan fingerprint density at radius 1 is 1.18 bits per heavy atom. The smallest absolute Gasteiger partial charge is 0.431 e. The lowest BCUT2D eigenvalue weighted by atomic mass is 9.77. The maximum absolute atomic E-state index is 13.5. The minimum Gasteiger partial charge on any atom is -0.431 e. The number of β-lactam (4-membered cyclic amide) rings is 1. The van der Waals surface area contributed by atoms with Crippen molar-refractivity contribution < 1.29 is 43.6 Å². The summed E-state index contributed by atoms with van der Waals surface area (Å²) < 4.78 is 17.6. The first-order valence-corrected chi connectivity index (χ1v) is 13.9. The van der Waals surface area contributed by atoms with Crippen LogP contribution in [0.3, 0.4) is 0 Å². The zero-order valence-electron chi connectivity index (χ0n) is 21.9. The quantitative estimate of drug-likeness (QED) is 0.212. The summed E-state index contributed by atoms with van der Waals surface area (Å²) in [6.07, 6.45) is 4.33. The molecular weight excluding hydrogens is 530 g/mol. The predicted molar refractivity (Wildman–Crippen MR) is 136 cm³/mol. The van der Waals surface area contributed by atoms with Gasteiger partial charge in [-0.25, -0.2) is 14.6 Å². The predicted octanol–water partition coefficient (Wildman–Crippen LogP) is 2.51. The van der Waals surface area contributed by atoms with Crippen molar-refractivity contribution in [2.45, 2.75) is 77.4 Å². The third-order valence-corrected chi connectivity index (χ3v) is 8.74. The molecule has 39 heavy (non-hydrogen) atoms. The van der Waals surface area contributed by atoms with Crippen LogP contribution in [0.15, 0.2) is 18.2 Å². The van der Waals surface area contributed by atoms with Gasteiger partial charge in [0.05, 0.1) is 22.9 Å². The molecule has 0 bridgehead atoms. The number of hydrogen-bond donors (Lipinski definition) is 2. The summed E-state index contributed by atoms with van der Waals surface area (Å²) in [5, 5.41) is 19.5. The van der Waals surface area contributed by atoms with E-state index in [1.54, 1.807) is 10.6 Å². The number of Topliss-reactive ketones (excluding diaryl/α,β-unsaturated/α-hetero) is 1. The van der Waals surface area contributed by atoms with Crippen molar-refractivity contribution in [2.75, 3.05) is 6.61 Å². The third kappa shape index (κ3) is 4.83. The second-order valence-electron chi connectivity index (χ2n) is 10.2. The second-order valence-corrected chi connectivity index (χ2v) is 11.2. The van der Waals surface area contributed by atoms with Gasteiger partial charge in [-0.2, -0.15) is 0 Å². The number of nitrogens with zero attached hydrogens (tertiary/aromatic N) is 3. The van der Waals surface area contributed by atoms with Crippen LogP contribution in [-0.4, -0.2) is 79.5 Å². The molecule has 4 heterocycles. The molecule has 3 aliphatic rings. The average molecular weight is 562 g/mol. The number of esters is 1. The van der Waals surface area contributed by atoms with Gasteiger partial charge < -0.3 is 29.3 Å². The number of imidazole rings is 1. The molecule has 5 atom stereocenters. The van der Waals surface area contributed by atoms with E-state index < -0.39 is 54.8 Å². The number of amides is 1. The highest BCUT2D eigenvalue weighted by atomic mass is 32.1. The number of thiazole rings is 1. The molecule has 2 aliphatic heterocycles. The van der Waals surface area contributed by atoms with Crippen molar-refractivity contribution in [2.24, 2.45) is 11.8 Å². The fourth-order valence-electron chi connectivity index (χ4n) is 5.79. The average Bonchev–Trinajstić information content (AvgIpc) is 3.53. The highest BCUT2D eigenvalue weighted by molar-refractivity contribution is 7.18. The number of ether oxygens (including phenoxy) is 3. The first-order chi connectivity index (χ1) is 18.6. The Balaban J connectivity index is 1.42. The van der Waals surface area contributed by atoms with Gasteiger partial charge >= 0.3 is 12.1 Å². The first kappa shape index (κ1) is 27.3. The lowest BCUT2D eigenvalue weighted by molar-refractivity contribution is -0.174. The molecule has 5 rings (SSSR count). The van der Waals surface area contributed by atoms with E-state index in [1.165, 1.54) is 36.4 Å². The van der Waals surface area contributed by atoms with Crippen LogP contribution in [0.1, 0.15) is 68.2 Å². The summed E-state index contributed by atoms with van der Waals surface area (Å²) >= 11 is 1.19. The van der Waals surface area contributed by atoms with Gasteiger partial charge in [0.1, 0.15) is 35.3 Å². The molecule has 0 radical (unpaired) electrons. The van der Waals surface area contributed by atoms with Gasteiger partial charge in [0.2, 0.25) is 18.0 Å². The number of fused-ring (bicyclic) bond motifs is 2. The summed E-state index contributed by atoms with van der Waals surface area (Å²) in [7, 11) is 0. The summed E-state index contributed by atoms with van der Waals surface area (Å²) in [5.41, 5.74) is 0.608. The molecule has 1 unspecified atom stereocenters. The monoisotopic (exact) mass is 561 g/mol. The van der Waals surface area contributed by atoms with Crippen LogP contribution < -0.4 is 0 Å². The molecule has 1 amide bonds. The summed E-state index contributed by atoms with van der Waals surface area (Å²) in [6, 6.07) is -0.472. The van der Waals surface area contributed by atoms with E-state index in [0.717, 1.165) is 32.1 Å². The number of rotatable bonds is 8. The van der Waals surface area contributed by atoms with Crippen molar-refractivity contribution in [1.29, 1.82) is 0 Å². The Morgan fingerprint density at radius 3 is 2.56 bits per heavy atom. The lowest BCUT2D eigenvalue weighted by Gasteiger charge is -2.46. The van der Waals surface area contributed by atoms with Crippen molar-refractivity contribution >= 4 is 45.6 Å². The topological polar surface area (TPSA) is 157 Å². The molecule has 13 heteroatoms. The summed E-state index contributed by atoms with van der Waals surface area (Å²) in [4.78, 5) is 57.4. The normalized spacial score (nSPS) is 24.8. The zero-order valence-corrected chi connectivity index (χ0v) is 22.7. The van der Waals surface area contributed by atoms with Crippen LogP contribution >= 0.6 is 11.3 Å². The number of ketones is 1. The Bertz CT molecular complexity index is 1340. The van der Waals surface area contributed by atoms with Crippen LogP contribution in [-0.2, 0) is 23.8 Å². The molecule has 2 aromatic rings. The maximum atomic E-state index is 13.5. The third-order valence-electron chi connectivity index (χ3n) is 7.60. The van der Waals surface area contributed by atoms with Crippen LogP contribution in [0.5, 0.6) is 0 Å². The minimum atomic E-state index is -1.28. The van der Waals surface area contributed by atoms with E-state index in [0.29, 0.717) is 15.3 Å². The largest absolute Gasteiger partial charge is 0.511 e. The van der Waals surface area contributed by atoms with Gasteiger partial charge in [0, 0.05) is 24.6 Å². The molecule has 1 aliphatic carbocycles. The molecule has 12 nitrogen and oxygen atoms in total. The Morgan fingerprint density at radius 2 is 1.90 bits per heavy atom. The number of aromatic nitrogens is 2. The zero-order chi connectivity index (χ0) is 28.0. The first-order valence-electron chi connectivity index (χ1n) is 13.1. The van der Waals surface area contributed by atoms with Crippen LogP contribution in [0.25, 0.3) is 10.4 Å².